The van der Waals surface area contributed by atoms with E-state index in [4.69, 9.17) is 0 Å². The molecule has 2 aromatic rings. The number of carbonyl (C=O) groups is 1. The van der Waals surface area contributed by atoms with Crippen molar-refractivity contribution in [1.29, 1.82) is 0 Å². The van der Waals surface area contributed by atoms with Crippen LogP contribution in [0.2, 0.25) is 0 Å². The number of nitrogens with one attached hydrogen (secondary N) is 1. The predicted octanol–water partition coefficient (Wildman–Crippen LogP) is 1.90. The molecule has 144 valence electrons. The zero-order valence-corrected chi connectivity index (χ0v) is 16.3. The summed E-state index contributed by atoms with van der Waals surface area (Å²) in [5.74, 6) is 0.240. The summed E-state index contributed by atoms with van der Waals surface area (Å²) in [5.41, 5.74) is 2.49. The maximum atomic E-state index is 13.1. The number of likely N-dealkylation sites (N-methyl/N-ethyl adjacent to an activating group) is 2. The SMILES string of the molecule is CN(Cc1ccc(-n2cccn2)cc1)C(=O)[C@@H]1CC2(CCNCC2)CN1C. The minimum absolute atomic E-state index is 0.0106. The van der Waals surface area contributed by atoms with Gasteiger partial charge in [0.15, 0.2) is 0 Å². The van der Waals surface area contributed by atoms with E-state index in [0.717, 1.165) is 37.3 Å². The van der Waals surface area contributed by atoms with E-state index in [1.54, 1.807) is 6.20 Å². The van der Waals surface area contributed by atoms with Gasteiger partial charge in [-0.1, -0.05) is 12.1 Å². The van der Waals surface area contributed by atoms with Crippen molar-refractivity contribution in [3.8, 4) is 5.69 Å². The van der Waals surface area contributed by atoms with E-state index in [-0.39, 0.29) is 11.9 Å². The van der Waals surface area contributed by atoms with Gasteiger partial charge in [-0.25, -0.2) is 4.68 Å². The summed E-state index contributed by atoms with van der Waals surface area (Å²) < 4.78 is 1.84. The van der Waals surface area contributed by atoms with Crippen LogP contribution in [-0.2, 0) is 11.3 Å². The molecular formula is C21H29N5O. The Labute approximate surface area is 161 Å². The summed E-state index contributed by atoms with van der Waals surface area (Å²) in [5, 5.41) is 7.69. The minimum Gasteiger partial charge on any atom is -0.340 e. The lowest BCUT2D eigenvalue weighted by molar-refractivity contribution is -0.134. The van der Waals surface area contributed by atoms with Gasteiger partial charge in [-0.2, -0.15) is 5.10 Å². The fourth-order valence-electron chi connectivity index (χ4n) is 4.65. The second kappa shape index (κ2) is 7.44. The van der Waals surface area contributed by atoms with Crippen molar-refractivity contribution in [1.82, 2.24) is 24.9 Å². The number of carbonyl (C=O) groups excluding carboxylic acids is 1. The van der Waals surface area contributed by atoms with Gasteiger partial charge in [-0.15, -0.1) is 0 Å². The van der Waals surface area contributed by atoms with Crippen molar-refractivity contribution in [3.05, 3.63) is 48.3 Å². The molecule has 0 radical (unpaired) electrons. The molecule has 2 saturated heterocycles. The molecule has 1 aromatic carbocycles. The van der Waals surface area contributed by atoms with Gasteiger partial charge in [0.05, 0.1) is 11.7 Å². The number of benzene rings is 1. The number of rotatable bonds is 4. The van der Waals surface area contributed by atoms with Gasteiger partial charge < -0.3 is 10.2 Å². The Balaban J connectivity index is 1.39. The standard InChI is InChI=1S/C21H29N5O/c1-24(15-17-4-6-18(7-5-17)26-13-3-10-23-26)20(27)19-14-21(16-25(19)2)8-11-22-12-9-21/h3-7,10,13,19,22H,8-9,11-12,14-16H2,1-2H3/t19-/m0/s1. The van der Waals surface area contributed by atoms with Crippen molar-refractivity contribution < 1.29 is 4.79 Å². The molecule has 0 aliphatic carbocycles. The van der Waals surface area contributed by atoms with Crippen molar-refractivity contribution >= 4 is 5.91 Å². The monoisotopic (exact) mass is 367 g/mol. The van der Waals surface area contributed by atoms with Crippen LogP contribution in [0.3, 0.4) is 0 Å². The first-order valence-corrected chi connectivity index (χ1v) is 9.81. The van der Waals surface area contributed by atoms with Crippen LogP contribution in [0.4, 0.5) is 0 Å². The van der Waals surface area contributed by atoms with Gasteiger partial charge in [0.25, 0.3) is 0 Å². The minimum atomic E-state index is 0.0106. The van der Waals surface area contributed by atoms with Gasteiger partial charge >= 0.3 is 0 Å². The molecule has 2 aliphatic heterocycles. The summed E-state index contributed by atoms with van der Waals surface area (Å²) in [6, 6.07) is 10.2. The highest BCUT2D eigenvalue weighted by Gasteiger charge is 2.46. The second-order valence-electron chi connectivity index (χ2n) is 8.20. The zero-order valence-electron chi connectivity index (χ0n) is 16.3. The number of amides is 1. The van der Waals surface area contributed by atoms with Crippen molar-refractivity contribution in [2.45, 2.75) is 31.8 Å². The molecule has 0 unspecified atom stereocenters. The lowest BCUT2D eigenvalue weighted by Crippen LogP contribution is -2.42. The molecule has 1 aromatic heterocycles. The van der Waals surface area contributed by atoms with Crippen LogP contribution >= 0.6 is 0 Å². The highest BCUT2D eigenvalue weighted by molar-refractivity contribution is 5.82. The van der Waals surface area contributed by atoms with Crippen LogP contribution in [-0.4, -0.2) is 65.3 Å². The van der Waals surface area contributed by atoms with Gasteiger partial charge in [-0.05, 0) is 68.6 Å². The summed E-state index contributed by atoms with van der Waals surface area (Å²) in [7, 11) is 4.02. The first-order chi connectivity index (χ1) is 13.1. The summed E-state index contributed by atoms with van der Waals surface area (Å²) in [6.45, 7) is 3.83. The molecule has 6 heteroatoms. The number of piperidine rings is 1. The molecule has 4 rings (SSSR count). The van der Waals surface area contributed by atoms with E-state index < -0.39 is 0 Å². The molecule has 2 aliphatic rings. The number of nitrogens with zero attached hydrogens (tertiary/aromatic N) is 4. The number of hydrogen-bond acceptors (Lipinski definition) is 4. The zero-order chi connectivity index (χ0) is 18.9. The maximum Gasteiger partial charge on any atom is 0.239 e. The highest BCUT2D eigenvalue weighted by Crippen LogP contribution is 2.41. The highest BCUT2D eigenvalue weighted by atomic mass is 16.2. The van der Waals surface area contributed by atoms with Crippen LogP contribution in [0.1, 0.15) is 24.8 Å². The molecule has 1 atom stereocenters. The van der Waals surface area contributed by atoms with Crippen LogP contribution in [0.5, 0.6) is 0 Å². The third-order valence-electron chi connectivity index (χ3n) is 6.19. The van der Waals surface area contributed by atoms with Crippen LogP contribution < -0.4 is 5.32 Å². The molecule has 27 heavy (non-hydrogen) atoms. The average molecular weight is 367 g/mol. The molecule has 0 saturated carbocycles. The van der Waals surface area contributed by atoms with Crippen LogP contribution in [0.25, 0.3) is 5.69 Å². The van der Waals surface area contributed by atoms with Gasteiger partial charge in [-0.3, -0.25) is 9.69 Å². The first-order valence-electron chi connectivity index (χ1n) is 9.81. The van der Waals surface area contributed by atoms with E-state index in [1.165, 1.54) is 12.8 Å². The van der Waals surface area contributed by atoms with Crippen molar-refractivity contribution in [2.24, 2.45) is 5.41 Å². The van der Waals surface area contributed by atoms with E-state index >= 15 is 0 Å². The van der Waals surface area contributed by atoms with E-state index in [1.807, 2.05) is 41.0 Å². The first kappa shape index (κ1) is 18.2. The number of likely N-dealkylation sites (tertiary alicyclic amines) is 1. The van der Waals surface area contributed by atoms with Crippen molar-refractivity contribution in [3.63, 3.8) is 0 Å². The predicted molar refractivity (Wildman–Crippen MR) is 106 cm³/mol. The molecular weight excluding hydrogens is 338 g/mol. The Kier molecular flexibility index (Phi) is 5.02. The van der Waals surface area contributed by atoms with E-state index in [0.29, 0.717) is 12.0 Å². The number of aromatic nitrogens is 2. The molecule has 1 spiro atoms. The summed E-state index contributed by atoms with van der Waals surface area (Å²) in [4.78, 5) is 17.2. The maximum absolute atomic E-state index is 13.1. The Bertz CT molecular complexity index is 764. The smallest absolute Gasteiger partial charge is 0.239 e. The van der Waals surface area contributed by atoms with Crippen LogP contribution in [0, 0.1) is 5.41 Å². The molecule has 6 nitrogen and oxygen atoms in total. The normalized spacial score (nSPS) is 22.2. The Hall–Kier alpha value is -2.18. The molecule has 1 amide bonds. The lowest BCUT2D eigenvalue weighted by Gasteiger charge is -2.33. The quantitative estimate of drug-likeness (QED) is 0.897. The summed E-state index contributed by atoms with van der Waals surface area (Å²) in [6.07, 6.45) is 7.05. The van der Waals surface area contributed by atoms with E-state index in [9.17, 15) is 4.79 Å². The topological polar surface area (TPSA) is 53.4 Å². The largest absolute Gasteiger partial charge is 0.340 e. The van der Waals surface area contributed by atoms with Crippen molar-refractivity contribution in [2.75, 3.05) is 33.7 Å². The Morgan fingerprint density at radius 3 is 2.70 bits per heavy atom. The molecule has 0 bridgehead atoms. The fraction of sp³-hybridized carbons (Fsp3) is 0.524. The fourth-order valence-corrected chi connectivity index (χ4v) is 4.65. The third-order valence-corrected chi connectivity index (χ3v) is 6.19. The van der Waals surface area contributed by atoms with Gasteiger partial charge in [0.1, 0.15) is 0 Å². The Morgan fingerprint density at radius 1 is 1.30 bits per heavy atom. The third kappa shape index (κ3) is 3.77. The molecule has 1 N–H and O–H groups in total. The second-order valence-corrected chi connectivity index (χ2v) is 8.20. The number of hydrogen-bond donors (Lipinski definition) is 1. The average Bonchev–Trinajstić information content (AvgIpc) is 3.31. The lowest BCUT2D eigenvalue weighted by atomic mass is 9.77. The van der Waals surface area contributed by atoms with E-state index in [2.05, 4.69) is 34.5 Å². The molecule has 2 fully saturated rings. The molecule has 3 heterocycles. The Morgan fingerprint density at radius 2 is 2.04 bits per heavy atom. The van der Waals surface area contributed by atoms with Gasteiger partial charge in [0, 0.05) is 32.5 Å². The van der Waals surface area contributed by atoms with Crippen LogP contribution in [0.15, 0.2) is 42.7 Å². The summed E-state index contributed by atoms with van der Waals surface area (Å²) >= 11 is 0. The van der Waals surface area contributed by atoms with Gasteiger partial charge in [0.2, 0.25) is 5.91 Å².